The third kappa shape index (κ3) is 4.09. The minimum atomic E-state index is -0.547. The van der Waals surface area contributed by atoms with E-state index in [2.05, 4.69) is 35.9 Å². The molecule has 29 heavy (non-hydrogen) atoms. The molecule has 0 saturated heterocycles. The number of nitrogens with one attached hydrogen (secondary N) is 4. The van der Waals surface area contributed by atoms with Gasteiger partial charge in [0.2, 0.25) is 0 Å². The molecule has 0 aliphatic heterocycles. The topological polar surface area (TPSA) is 108 Å². The van der Waals surface area contributed by atoms with Crippen LogP contribution in [0.5, 0.6) is 0 Å². The standard InChI is InChI=1S/C19H21ClFN7O/c1-22-19(29)27-15-5-3-2-4-14(15)26-18-13(21)9-25-17(28-18)12-8-24-16-11(12)6-10(20)7-23-16/h6-9,14-15H,2-5H2,1H3,(H,23,24)(H2,22,27,29)(H,25,26,28)/t14-,15?/m0/s1. The van der Waals surface area contributed by atoms with Gasteiger partial charge in [0.1, 0.15) is 5.65 Å². The lowest BCUT2D eigenvalue weighted by atomic mass is 9.90. The Morgan fingerprint density at radius 1 is 1.24 bits per heavy atom. The molecule has 1 saturated carbocycles. The number of carbonyl (C=O) groups excluding carboxylic acids is 1. The molecule has 4 rings (SSSR count). The number of carbonyl (C=O) groups is 1. The Balaban J connectivity index is 1.62. The van der Waals surface area contributed by atoms with Gasteiger partial charge in [-0.1, -0.05) is 24.4 Å². The first-order chi connectivity index (χ1) is 14.0. The number of nitrogens with zero attached hydrogens (tertiary/aromatic N) is 3. The molecule has 0 aromatic carbocycles. The second kappa shape index (κ2) is 8.20. The zero-order valence-corrected chi connectivity index (χ0v) is 16.6. The Labute approximate surface area is 171 Å². The molecule has 3 heterocycles. The molecule has 3 aromatic rings. The maximum absolute atomic E-state index is 14.5. The van der Waals surface area contributed by atoms with Crippen molar-refractivity contribution in [1.82, 2.24) is 30.6 Å². The van der Waals surface area contributed by atoms with Crippen molar-refractivity contribution in [3.8, 4) is 11.4 Å². The summed E-state index contributed by atoms with van der Waals surface area (Å²) in [7, 11) is 1.57. The van der Waals surface area contributed by atoms with Crippen molar-refractivity contribution in [2.24, 2.45) is 0 Å². The van der Waals surface area contributed by atoms with Crippen molar-refractivity contribution in [3.63, 3.8) is 0 Å². The number of hydrogen-bond acceptors (Lipinski definition) is 5. The maximum atomic E-state index is 14.5. The molecule has 1 unspecified atom stereocenters. The van der Waals surface area contributed by atoms with Gasteiger partial charge >= 0.3 is 6.03 Å². The number of hydrogen-bond donors (Lipinski definition) is 4. The number of H-pyrrole nitrogens is 1. The minimum absolute atomic E-state index is 0.106. The Hall–Kier alpha value is -2.94. The number of pyridine rings is 1. The highest BCUT2D eigenvalue weighted by molar-refractivity contribution is 6.31. The smallest absolute Gasteiger partial charge is 0.314 e. The van der Waals surface area contributed by atoms with Crippen LogP contribution >= 0.6 is 11.6 Å². The summed E-state index contributed by atoms with van der Waals surface area (Å²) >= 11 is 6.06. The van der Waals surface area contributed by atoms with Gasteiger partial charge in [-0.15, -0.1) is 0 Å². The van der Waals surface area contributed by atoms with E-state index in [1.807, 2.05) is 0 Å². The maximum Gasteiger partial charge on any atom is 0.314 e. The largest absolute Gasteiger partial charge is 0.363 e. The molecule has 0 radical (unpaired) electrons. The van der Waals surface area contributed by atoms with Crippen molar-refractivity contribution in [1.29, 1.82) is 0 Å². The van der Waals surface area contributed by atoms with Gasteiger partial charge in [0.25, 0.3) is 0 Å². The molecule has 8 nitrogen and oxygen atoms in total. The van der Waals surface area contributed by atoms with E-state index >= 15 is 0 Å². The first-order valence-corrected chi connectivity index (χ1v) is 9.83. The molecule has 1 aliphatic rings. The zero-order chi connectivity index (χ0) is 20.4. The number of aromatic nitrogens is 4. The Bertz CT molecular complexity index is 1040. The van der Waals surface area contributed by atoms with Gasteiger partial charge in [0.05, 0.1) is 17.3 Å². The van der Waals surface area contributed by atoms with Gasteiger partial charge in [-0.3, -0.25) is 0 Å². The molecule has 4 N–H and O–H groups in total. The van der Waals surface area contributed by atoms with Crippen LogP contribution in [0, 0.1) is 5.82 Å². The van der Waals surface area contributed by atoms with Crippen LogP contribution in [0.2, 0.25) is 5.02 Å². The number of aromatic amines is 1. The van der Waals surface area contributed by atoms with Crippen LogP contribution in [0.4, 0.5) is 15.0 Å². The molecule has 152 valence electrons. The lowest BCUT2D eigenvalue weighted by molar-refractivity contribution is 0.232. The molecular weight excluding hydrogens is 397 g/mol. The molecule has 3 aromatic heterocycles. The number of rotatable bonds is 4. The van der Waals surface area contributed by atoms with Crippen LogP contribution in [0.3, 0.4) is 0 Å². The van der Waals surface area contributed by atoms with E-state index in [0.717, 1.165) is 37.3 Å². The highest BCUT2D eigenvalue weighted by Gasteiger charge is 2.27. The van der Waals surface area contributed by atoms with E-state index in [-0.39, 0.29) is 23.9 Å². The van der Waals surface area contributed by atoms with Gasteiger partial charge in [0, 0.05) is 36.4 Å². The Morgan fingerprint density at radius 3 is 2.83 bits per heavy atom. The molecule has 0 spiro atoms. The van der Waals surface area contributed by atoms with Crippen molar-refractivity contribution >= 4 is 34.5 Å². The van der Waals surface area contributed by atoms with Gasteiger partial charge in [-0.05, 0) is 18.9 Å². The fraction of sp³-hybridized carbons (Fsp3) is 0.368. The predicted molar refractivity (Wildman–Crippen MR) is 109 cm³/mol. The average Bonchev–Trinajstić information content (AvgIpc) is 3.14. The molecule has 1 aliphatic carbocycles. The molecule has 0 bridgehead atoms. The molecule has 2 atom stereocenters. The highest BCUT2D eigenvalue weighted by atomic mass is 35.5. The zero-order valence-electron chi connectivity index (χ0n) is 15.8. The normalized spacial score (nSPS) is 19.1. The van der Waals surface area contributed by atoms with E-state index in [9.17, 15) is 9.18 Å². The molecule has 1 fully saturated rings. The Kier molecular flexibility index (Phi) is 5.48. The van der Waals surface area contributed by atoms with E-state index in [1.54, 1.807) is 25.5 Å². The highest BCUT2D eigenvalue weighted by Crippen LogP contribution is 2.29. The first kappa shape index (κ1) is 19.4. The summed E-state index contributed by atoms with van der Waals surface area (Å²) in [6, 6.07) is 1.27. The average molecular weight is 418 g/mol. The second-order valence-corrected chi connectivity index (χ2v) is 7.44. The van der Waals surface area contributed by atoms with Crippen LogP contribution in [0.1, 0.15) is 25.7 Å². The number of fused-ring (bicyclic) bond motifs is 1. The van der Waals surface area contributed by atoms with E-state index in [0.29, 0.717) is 22.1 Å². The molecule has 2 amide bonds. The van der Waals surface area contributed by atoms with Gasteiger partial charge in [-0.2, -0.15) is 0 Å². The van der Waals surface area contributed by atoms with Crippen LogP contribution in [0.15, 0.2) is 24.7 Å². The van der Waals surface area contributed by atoms with Crippen LogP contribution < -0.4 is 16.0 Å². The predicted octanol–water partition coefficient (Wildman–Crippen LogP) is 3.46. The third-order valence-corrected chi connectivity index (χ3v) is 5.32. The fourth-order valence-electron chi connectivity index (χ4n) is 3.65. The number of anilines is 1. The van der Waals surface area contributed by atoms with E-state index < -0.39 is 5.82 Å². The summed E-state index contributed by atoms with van der Waals surface area (Å²) in [6.07, 6.45) is 8.04. The quantitative estimate of drug-likeness (QED) is 0.520. The van der Waals surface area contributed by atoms with Crippen molar-refractivity contribution in [2.45, 2.75) is 37.8 Å². The number of amides is 2. The summed E-state index contributed by atoms with van der Waals surface area (Å²) in [5.41, 5.74) is 1.33. The van der Waals surface area contributed by atoms with Gasteiger partial charge in [0.15, 0.2) is 17.5 Å². The van der Waals surface area contributed by atoms with Crippen LogP contribution in [-0.4, -0.2) is 45.1 Å². The van der Waals surface area contributed by atoms with Gasteiger partial charge < -0.3 is 20.9 Å². The number of urea groups is 1. The molecule has 10 heteroatoms. The SMILES string of the molecule is CNC(=O)NC1CCCC[C@@H]1Nc1nc(-c2c[nH]c3ncc(Cl)cc23)ncc1F. The number of halogens is 2. The van der Waals surface area contributed by atoms with E-state index in [1.165, 1.54) is 0 Å². The summed E-state index contributed by atoms with van der Waals surface area (Å²) in [4.78, 5) is 27.6. The Morgan fingerprint density at radius 2 is 2.03 bits per heavy atom. The summed E-state index contributed by atoms with van der Waals surface area (Å²) in [5, 5.41) is 9.90. The summed E-state index contributed by atoms with van der Waals surface area (Å²) in [6.45, 7) is 0. The lowest BCUT2D eigenvalue weighted by Gasteiger charge is -2.33. The third-order valence-electron chi connectivity index (χ3n) is 5.11. The first-order valence-electron chi connectivity index (χ1n) is 9.45. The lowest BCUT2D eigenvalue weighted by Crippen LogP contribution is -2.51. The van der Waals surface area contributed by atoms with Crippen molar-refractivity contribution in [2.75, 3.05) is 12.4 Å². The molecular formula is C19H21ClFN7O. The minimum Gasteiger partial charge on any atom is -0.363 e. The van der Waals surface area contributed by atoms with Crippen LogP contribution in [-0.2, 0) is 0 Å². The van der Waals surface area contributed by atoms with Gasteiger partial charge in [-0.25, -0.2) is 24.1 Å². The monoisotopic (exact) mass is 417 g/mol. The summed E-state index contributed by atoms with van der Waals surface area (Å²) < 4.78 is 14.5. The summed E-state index contributed by atoms with van der Waals surface area (Å²) in [5.74, 6) is -0.0835. The van der Waals surface area contributed by atoms with Crippen molar-refractivity contribution in [3.05, 3.63) is 35.5 Å². The van der Waals surface area contributed by atoms with Crippen LogP contribution in [0.25, 0.3) is 22.4 Å². The second-order valence-electron chi connectivity index (χ2n) is 7.01. The van der Waals surface area contributed by atoms with Crippen molar-refractivity contribution < 1.29 is 9.18 Å². The fourth-order valence-corrected chi connectivity index (χ4v) is 3.81. The van der Waals surface area contributed by atoms with E-state index in [4.69, 9.17) is 11.6 Å².